The van der Waals surface area contributed by atoms with E-state index in [-0.39, 0.29) is 12.0 Å². The molecular weight excluding hydrogens is 230 g/mol. The van der Waals surface area contributed by atoms with E-state index in [2.05, 4.69) is 5.32 Å². The van der Waals surface area contributed by atoms with Gasteiger partial charge in [0.25, 0.3) is 0 Å². The molecule has 0 aromatic heterocycles. The van der Waals surface area contributed by atoms with Crippen molar-refractivity contribution in [3.05, 3.63) is 29.8 Å². The van der Waals surface area contributed by atoms with E-state index in [0.717, 1.165) is 24.2 Å². The van der Waals surface area contributed by atoms with Gasteiger partial charge in [-0.05, 0) is 24.1 Å². The van der Waals surface area contributed by atoms with Crippen molar-refractivity contribution in [2.45, 2.75) is 32.4 Å². The van der Waals surface area contributed by atoms with E-state index < -0.39 is 0 Å². The number of benzene rings is 1. The van der Waals surface area contributed by atoms with E-state index in [1.165, 1.54) is 7.11 Å². The van der Waals surface area contributed by atoms with Crippen LogP contribution in [-0.4, -0.2) is 26.2 Å². The van der Waals surface area contributed by atoms with Crippen molar-refractivity contribution in [3.63, 3.8) is 0 Å². The molecule has 4 heteroatoms. The number of methoxy groups -OCH3 is 2. The SMILES string of the molecule is CCC[C@H](NCc1cccc(OC)c1)C(=O)OC. The van der Waals surface area contributed by atoms with Crippen LogP contribution in [-0.2, 0) is 16.1 Å². The Labute approximate surface area is 108 Å². The molecule has 0 bridgehead atoms. The molecule has 0 saturated carbocycles. The lowest BCUT2D eigenvalue weighted by atomic mass is 10.1. The molecule has 0 fully saturated rings. The second-order valence-corrected chi connectivity index (χ2v) is 4.10. The Morgan fingerprint density at radius 3 is 2.78 bits per heavy atom. The molecular formula is C14H21NO3. The summed E-state index contributed by atoms with van der Waals surface area (Å²) in [7, 11) is 3.05. The minimum absolute atomic E-state index is 0.209. The molecule has 1 atom stereocenters. The average Bonchev–Trinajstić information content (AvgIpc) is 2.42. The summed E-state index contributed by atoms with van der Waals surface area (Å²) in [5.74, 6) is 0.610. The summed E-state index contributed by atoms with van der Waals surface area (Å²) in [5, 5.41) is 3.21. The number of ether oxygens (including phenoxy) is 2. The molecule has 0 aliphatic heterocycles. The van der Waals surface area contributed by atoms with Crippen molar-refractivity contribution >= 4 is 5.97 Å². The Morgan fingerprint density at radius 2 is 2.17 bits per heavy atom. The lowest BCUT2D eigenvalue weighted by Gasteiger charge is -2.15. The molecule has 18 heavy (non-hydrogen) atoms. The maximum atomic E-state index is 11.5. The summed E-state index contributed by atoms with van der Waals surface area (Å²) in [6, 6.07) is 7.53. The van der Waals surface area contributed by atoms with Crippen LogP contribution in [0, 0.1) is 0 Å². The second kappa shape index (κ2) is 7.71. The Kier molecular flexibility index (Phi) is 6.22. The van der Waals surface area contributed by atoms with Gasteiger partial charge in [0.1, 0.15) is 11.8 Å². The van der Waals surface area contributed by atoms with Crippen LogP contribution in [0.5, 0.6) is 5.75 Å². The first-order valence-electron chi connectivity index (χ1n) is 6.15. The number of esters is 1. The number of rotatable bonds is 7. The highest BCUT2D eigenvalue weighted by molar-refractivity contribution is 5.75. The summed E-state index contributed by atoms with van der Waals surface area (Å²) in [5.41, 5.74) is 1.08. The lowest BCUT2D eigenvalue weighted by Crippen LogP contribution is -2.37. The van der Waals surface area contributed by atoms with Crippen LogP contribution < -0.4 is 10.1 Å². The molecule has 100 valence electrons. The Balaban J connectivity index is 2.57. The summed E-state index contributed by atoms with van der Waals surface area (Å²) < 4.78 is 9.93. The zero-order chi connectivity index (χ0) is 13.4. The fourth-order valence-electron chi connectivity index (χ4n) is 1.76. The fraction of sp³-hybridized carbons (Fsp3) is 0.500. The summed E-state index contributed by atoms with van der Waals surface area (Å²) in [6.07, 6.45) is 1.71. The molecule has 0 heterocycles. The number of carbonyl (C=O) groups is 1. The molecule has 1 N–H and O–H groups in total. The summed E-state index contributed by atoms with van der Waals surface area (Å²) in [4.78, 5) is 11.5. The van der Waals surface area contributed by atoms with Crippen LogP contribution in [0.2, 0.25) is 0 Å². The zero-order valence-electron chi connectivity index (χ0n) is 11.2. The van der Waals surface area contributed by atoms with Crippen molar-refractivity contribution in [1.29, 1.82) is 0 Å². The van der Waals surface area contributed by atoms with Crippen LogP contribution in [0.1, 0.15) is 25.3 Å². The maximum absolute atomic E-state index is 11.5. The fourth-order valence-corrected chi connectivity index (χ4v) is 1.76. The van der Waals surface area contributed by atoms with Crippen molar-refractivity contribution in [2.75, 3.05) is 14.2 Å². The van der Waals surface area contributed by atoms with Gasteiger partial charge in [-0.15, -0.1) is 0 Å². The normalized spacial score (nSPS) is 11.9. The molecule has 0 aliphatic rings. The number of carbonyl (C=O) groups excluding carboxylic acids is 1. The minimum Gasteiger partial charge on any atom is -0.497 e. The highest BCUT2D eigenvalue weighted by Crippen LogP contribution is 2.12. The smallest absolute Gasteiger partial charge is 0.322 e. The van der Waals surface area contributed by atoms with Crippen molar-refractivity contribution in [2.24, 2.45) is 0 Å². The first-order chi connectivity index (χ1) is 8.71. The second-order valence-electron chi connectivity index (χ2n) is 4.10. The van der Waals surface area contributed by atoms with Crippen LogP contribution >= 0.6 is 0 Å². The van der Waals surface area contributed by atoms with Crippen LogP contribution in [0.3, 0.4) is 0 Å². The topological polar surface area (TPSA) is 47.6 Å². The third-order valence-electron chi connectivity index (χ3n) is 2.75. The van der Waals surface area contributed by atoms with E-state index >= 15 is 0 Å². The molecule has 0 amide bonds. The Bertz CT molecular complexity index is 379. The van der Waals surface area contributed by atoms with Gasteiger partial charge in [-0.3, -0.25) is 4.79 Å². The van der Waals surface area contributed by atoms with Gasteiger partial charge < -0.3 is 14.8 Å². The molecule has 0 aliphatic carbocycles. The van der Waals surface area contributed by atoms with E-state index in [1.54, 1.807) is 7.11 Å². The van der Waals surface area contributed by atoms with Crippen molar-refractivity contribution < 1.29 is 14.3 Å². The summed E-state index contributed by atoms with van der Waals surface area (Å²) in [6.45, 7) is 2.67. The predicted octanol–water partition coefficient (Wildman–Crippen LogP) is 2.13. The van der Waals surface area contributed by atoms with Crippen LogP contribution in [0.4, 0.5) is 0 Å². The molecule has 0 saturated heterocycles. The number of nitrogens with one attached hydrogen (secondary N) is 1. The zero-order valence-corrected chi connectivity index (χ0v) is 11.2. The van der Waals surface area contributed by atoms with Gasteiger partial charge in [0, 0.05) is 6.54 Å². The minimum atomic E-state index is -0.244. The molecule has 0 radical (unpaired) electrons. The van der Waals surface area contributed by atoms with E-state index in [0.29, 0.717) is 6.54 Å². The molecule has 1 rings (SSSR count). The average molecular weight is 251 g/mol. The van der Waals surface area contributed by atoms with E-state index in [4.69, 9.17) is 9.47 Å². The quantitative estimate of drug-likeness (QED) is 0.754. The van der Waals surface area contributed by atoms with E-state index in [9.17, 15) is 4.79 Å². The summed E-state index contributed by atoms with van der Waals surface area (Å²) >= 11 is 0. The van der Waals surface area contributed by atoms with Gasteiger partial charge in [-0.1, -0.05) is 25.5 Å². The molecule has 4 nitrogen and oxygen atoms in total. The molecule has 0 spiro atoms. The largest absolute Gasteiger partial charge is 0.497 e. The molecule has 1 aromatic carbocycles. The number of hydrogen-bond donors (Lipinski definition) is 1. The van der Waals surface area contributed by atoms with Crippen molar-refractivity contribution in [3.8, 4) is 5.75 Å². The highest BCUT2D eigenvalue weighted by atomic mass is 16.5. The standard InChI is InChI=1S/C14H21NO3/c1-4-6-13(14(16)18-3)15-10-11-7-5-8-12(9-11)17-2/h5,7-9,13,15H,4,6,10H2,1-3H3/t13-/m0/s1. The van der Waals surface area contributed by atoms with Gasteiger partial charge in [-0.25, -0.2) is 0 Å². The van der Waals surface area contributed by atoms with Gasteiger partial charge in [0.2, 0.25) is 0 Å². The van der Waals surface area contributed by atoms with Gasteiger partial charge >= 0.3 is 5.97 Å². The third-order valence-corrected chi connectivity index (χ3v) is 2.75. The predicted molar refractivity (Wildman–Crippen MR) is 70.5 cm³/mol. The lowest BCUT2D eigenvalue weighted by molar-refractivity contribution is -0.143. The highest BCUT2D eigenvalue weighted by Gasteiger charge is 2.16. The Morgan fingerprint density at radius 1 is 1.39 bits per heavy atom. The first-order valence-corrected chi connectivity index (χ1v) is 6.15. The third kappa shape index (κ3) is 4.37. The Hall–Kier alpha value is -1.55. The number of hydrogen-bond acceptors (Lipinski definition) is 4. The van der Waals surface area contributed by atoms with Gasteiger partial charge in [0.15, 0.2) is 0 Å². The van der Waals surface area contributed by atoms with E-state index in [1.807, 2.05) is 31.2 Å². The molecule has 0 unspecified atom stereocenters. The monoisotopic (exact) mass is 251 g/mol. The first kappa shape index (κ1) is 14.5. The van der Waals surface area contributed by atoms with Crippen LogP contribution in [0.15, 0.2) is 24.3 Å². The van der Waals surface area contributed by atoms with Crippen LogP contribution in [0.25, 0.3) is 0 Å². The van der Waals surface area contributed by atoms with Gasteiger partial charge in [-0.2, -0.15) is 0 Å². The molecule has 1 aromatic rings. The van der Waals surface area contributed by atoms with Crippen molar-refractivity contribution in [1.82, 2.24) is 5.32 Å². The maximum Gasteiger partial charge on any atom is 0.322 e. The van der Waals surface area contributed by atoms with Gasteiger partial charge in [0.05, 0.1) is 14.2 Å².